The van der Waals surface area contributed by atoms with Gasteiger partial charge in [0, 0.05) is 17.7 Å². The van der Waals surface area contributed by atoms with Crippen LogP contribution in [0.4, 0.5) is 10.1 Å². The lowest BCUT2D eigenvalue weighted by atomic mass is 10.1. The number of carbonyl (C=O) groups excluding carboxylic acids is 1. The standard InChI is InChI=1S/C17H14FN3O2/c1-2-15-20-16(21-23-15)11-6-5-7-12(10-11)19-17(22)13-8-3-4-9-14(13)18/h3-10H,2H2,1H3,(H,19,22). The van der Waals surface area contributed by atoms with Crippen molar-refractivity contribution < 1.29 is 13.7 Å². The number of rotatable bonds is 4. The lowest BCUT2D eigenvalue weighted by molar-refractivity contribution is 0.102. The maximum Gasteiger partial charge on any atom is 0.258 e. The fourth-order valence-electron chi connectivity index (χ4n) is 2.10. The van der Waals surface area contributed by atoms with Crippen molar-refractivity contribution in [3.05, 3.63) is 65.8 Å². The van der Waals surface area contributed by atoms with Gasteiger partial charge in [0.2, 0.25) is 11.7 Å². The molecule has 0 bridgehead atoms. The van der Waals surface area contributed by atoms with Crippen molar-refractivity contribution in [2.45, 2.75) is 13.3 Å². The second-order valence-electron chi connectivity index (χ2n) is 4.88. The fourth-order valence-corrected chi connectivity index (χ4v) is 2.10. The molecule has 2 aromatic carbocycles. The quantitative estimate of drug-likeness (QED) is 0.798. The molecule has 0 atom stereocenters. The Bertz CT molecular complexity index is 845. The van der Waals surface area contributed by atoms with Gasteiger partial charge in [0.15, 0.2) is 0 Å². The Morgan fingerprint density at radius 2 is 2.04 bits per heavy atom. The Morgan fingerprint density at radius 3 is 2.78 bits per heavy atom. The summed E-state index contributed by atoms with van der Waals surface area (Å²) in [7, 11) is 0. The number of nitrogens with zero attached hydrogens (tertiary/aromatic N) is 2. The second kappa shape index (κ2) is 6.39. The van der Waals surface area contributed by atoms with Gasteiger partial charge in [-0.25, -0.2) is 4.39 Å². The van der Waals surface area contributed by atoms with E-state index < -0.39 is 11.7 Å². The SMILES string of the molecule is CCc1nc(-c2cccc(NC(=O)c3ccccc3F)c2)no1. The molecule has 0 spiro atoms. The summed E-state index contributed by atoms with van der Waals surface area (Å²) in [5.41, 5.74) is 1.23. The number of halogens is 1. The number of nitrogens with one attached hydrogen (secondary N) is 1. The largest absolute Gasteiger partial charge is 0.339 e. The summed E-state index contributed by atoms with van der Waals surface area (Å²) in [6, 6.07) is 12.8. The minimum Gasteiger partial charge on any atom is -0.339 e. The average Bonchev–Trinajstić information content (AvgIpc) is 3.04. The molecular formula is C17H14FN3O2. The Morgan fingerprint density at radius 1 is 1.22 bits per heavy atom. The average molecular weight is 311 g/mol. The van der Waals surface area contributed by atoms with E-state index >= 15 is 0 Å². The molecule has 3 rings (SSSR count). The van der Waals surface area contributed by atoms with Gasteiger partial charge >= 0.3 is 0 Å². The molecule has 0 aliphatic rings. The van der Waals surface area contributed by atoms with E-state index in [4.69, 9.17) is 4.52 Å². The van der Waals surface area contributed by atoms with Crippen molar-refractivity contribution in [2.75, 3.05) is 5.32 Å². The van der Waals surface area contributed by atoms with Gasteiger partial charge in [-0.2, -0.15) is 4.98 Å². The molecule has 0 saturated heterocycles. The van der Waals surface area contributed by atoms with Gasteiger partial charge in [-0.15, -0.1) is 0 Å². The van der Waals surface area contributed by atoms with E-state index in [-0.39, 0.29) is 5.56 Å². The van der Waals surface area contributed by atoms with E-state index in [1.165, 1.54) is 18.2 Å². The molecule has 0 saturated carbocycles. The van der Waals surface area contributed by atoms with Crippen LogP contribution in [-0.4, -0.2) is 16.0 Å². The first kappa shape index (κ1) is 14.9. The second-order valence-corrected chi connectivity index (χ2v) is 4.88. The number of benzene rings is 2. The molecule has 1 heterocycles. The molecule has 1 aromatic heterocycles. The molecule has 0 unspecified atom stereocenters. The van der Waals surface area contributed by atoms with E-state index in [0.717, 1.165) is 0 Å². The first-order chi connectivity index (χ1) is 11.2. The van der Waals surface area contributed by atoms with Crippen LogP contribution in [0.3, 0.4) is 0 Å². The third kappa shape index (κ3) is 3.26. The third-order valence-corrected chi connectivity index (χ3v) is 3.27. The number of amides is 1. The zero-order chi connectivity index (χ0) is 16.2. The van der Waals surface area contributed by atoms with E-state index in [1.807, 2.05) is 13.0 Å². The molecule has 0 fully saturated rings. The van der Waals surface area contributed by atoms with Gasteiger partial charge in [0.05, 0.1) is 5.56 Å². The molecule has 116 valence electrons. The molecule has 0 radical (unpaired) electrons. The number of anilines is 1. The molecule has 5 nitrogen and oxygen atoms in total. The Balaban J connectivity index is 1.83. The summed E-state index contributed by atoms with van der Waals surface area (Å²) in [5, 5.41) is 6.56. The summed E-state index contributed by atoms with van der Waals surface area (Å²) < 4.78 is 18.7. The molecule has 1 N–H and O–H groups in total. The number of aryl methyl sites for hydroxylation is 1. The van der Waals surface area contributed by atoms with Crippen LogP contribution < -0.4 is 5.32 Å². The summed E-state index contributed by atoms with van der Waals surface area (Å²) in [5.74, 6) is -0.0841. The molecule has 0 aliphatic carbocycles. The Hall–Kier alpha value is -3.02. The van der Waals surface area contributed by atoms with E-state index in [2.05, 4.69) is 15.5 Å². The highest BCUT2D eigenvalue weighted by Crippen LogP contribution is 2.21. The van der Waals surface area contributed by atoms with Crippen LogP contribution in [0.1, 0.15) is 23.2 Å². The van der Waals surface area contributed by atoms with Crippen molar-refractivity contribution in [3.63, 3.8) is 0 Å². The van der Waals surface area contributed by atoms with E-state index in [1.54, 1.807) is 24.3 Å². The first-order valence-electron chi connectivity index (χ1n) is 7.16. The van der Waals surface area contributed by atoms with Gasteiger partial charge < -0.3 is 9.84 Å². The van der Waals surface area contributed by atoms with Crippen molar-refractivity contribution in [1.82, 2.24) is 10.1 Å². The number of hydrogen-bond donors (Lipinski definition) is 1. The van der Waals surface area contributed by atoms with Gasteiger partial charge in [-0.3, -0.25) is 4.79 Å². The van der Waals surface area contributed by atoms with Crippen LogP contribution in [0.15, 0.2) is 53.1 Å². The highest BCUT2D eigenvalue weighted by atomic mass is 19.1. The smallest absolute Gasteiger partial charge is 0.258 e. The number of carbonyl (C=O) groups is 1. The topological polar surface area (TPSA) is 68.0 Å². The number of hydrogen-bond acceptors (Lipinski definition) is 4. The van der Waals surface area contributed by atoms with Crippen LogP contribution in [0, 0.1) is 5.82 Å². The molecular weight excluding hydrogens is 297 g/mol. The van der Waals surface area contributed by atoms with E-state index in [0.29, 0.717) is 29.4 Å². The lowest BCUT2D eigenvalue weighted by Crippen LogP contribution is -2.13. The highest BCUT2D eigenvalue weighted by Gasteiger charge is 2.12. The van der Waals surface area contributed by atoms with Crippen molar-refractivity contribution >= 4 is 11.6 Å². The Kier molecular flexibility index (Phi) is 4.14. The third-order valence-electron chi connectivity index (χ3n) is 3.27. The fraction of sp³-hybridized carbons (Fsp3) is 0.118. The monoisotopic (exact) mass is 311 g/mol. The molecule has 1 amide bonds. The zero-order valence-corrected chi connectivity index (χ0v) is 12.4. The maximum atomic E-state index is 13.6. The first-order valence-corrected chi connectivity index (χ1v) is 7.16. The van der Waals surface area contributed by atoms with Crippen molar-refractivity contribution in [3.8, 4) is 11.4 Å². The van der Waals surface area contributed by atoms with Gasteiger partial charge in [-0.05, 0) is 24.3 Å². The van der Waals surface area contributed by atoms with Crippen LogP contribution in [0.25, 0.3) is 11.4 Å². The number of aromatic nitrogens is 2. The van der Waals surface area contributed by atoms with E-state index in [9.17, 15) is 9.18 Å². The summed E-state index contributed by atoms with van der Waals surface area (Å²) in [6.07, 6.45) is 0.650. The van der Waals surface area contributed by atoms with Crippen molar-refractivity contribution in [1.29, 1.82) is 0 Å². The van der Waals surface area contributed by atoms with Gasteiger partial charge in [0.1, 0.15) is 5.82 Å². The molecule has 3 aromatic rings. The normalized spacial score (nSPS) is 10.5. The van der Waals surface area contributed by atoms with Crippen LogP contribution in [0.5, 0.6) is 0 Å². The Labute approximate surface area is 132 Å². The summed E-state index contributed by atoms with van der Waals surface area (Å²) in [4.78, 5) is 16.4. The minimum absolute atomic E-state index is 0.00858. The maximum absolute atomic E-state index is 13.6. The predicted octanol–water partition coefficient (Wildman–Crippen LogP) is 3.69. The molecule has 0 aliphatic heterocycles. The van der Waals surface area contributed by atoms with Crippen LogP contribution in [0.2, 0.25) is 0 Å². The highest BCUT2D eigenvalue weighted by molar-refractivity contribution is 6.04. The van der Waals surface area contributed by atoms with Gasteiger partial charge in [0.25, 0.3) is 5.91 Å². The zero-order valence-electron chi connectivity index (χ0n) is 12.4. The lowest BCUT2D eigenvalue weighted by Gasteiger charge is -2.06. The minimum atomic E-state index is -0.563. The molecule has 6 heteroatoms. The molecule has 23 heavy (non-hydrogen) atoms. The van der Waals surface area contributed by atoms with Gasteiger partial charge in [-0.1, -0.05) is 36.3 Å². The summed E-state index contributed by atoms with van der Waals surface area (Å²) in [6.45, 7) is 1.92. The van der Waals surface area contributed by atoms with Crippen molar-refractivity contribution in [2.24, 2.45) is 0 Å². The van der Waals surface area contributed by atoms with Crippen LogP contribution in [-0.2, 0) is 6.42 Å². The summed E-state index contributed by atoms with van der Waals surface area (Å²) >= 11 is 0. The predicted molar refractivity (Wildman–Crippen MR) is 83.5 cm³/mol. The van der Waals surface area contributed by atoms with Crippen LogP contribution >= 0.6 is 0 Å².